The highest BCUT2D eigenvalue weighted by molar-refractivity contribution is 5.90. The largest absolute Gasteiger partial charge is 0.338 e. The van der Waals surface area contributed by atoms with Crippen LogP contribution in [0.3, 0.4) is 0 Å². The van der Waals surface area contributed by atoms with Crippen LogP contribution in [0, 0.1) is 0 Å². The standard InChI is InChI=1S/C51H75N9O6/c1-7-10-19-40-22-28-43(29-23-40)55-46(61)52-34-13-16-37(4)58-49(64)59(38(5)17-14-35-53-47(62)56-44-30-24-41(25-31-44)20-11-8-2)51(66)60(50(58)65)39(6)18-15-36-54-48(63)57-45-32-26-42(27-33-45)21-12-9-3/h22-33,37-39H,7-21,34-36H2,1-6H3,(H2,52,55,61)(H2,53,56,62)(H2,54,57,63)/t37-,38-,39-/m0/s1. The molecule has 6 N–H and O–H groups in total. The maximum absolute atomic E-state index is 14.2. The predicted octanol–water partition coefficient (Wildman–Crippen LogP) is 9.69. The van der Waals surface area contributed by atoms with Crippen LogP contribution in [-0.2, 0) is 19.3 Å². The molecule has 0 saturated carbocycles. The average molecular weight is 910 g/mol. The van der Waals surface area contributed by atoms with E-state index in [1.165, 1.54) is 16.7 Å². The number of anilines is 3. The van der Waals surface area contributed by atoms with Crippen molar-refractivity contribution in [1.29, 1.82) is 0 Å². The lowest BCUT2D eigenvalue weighted by molar-refractivity contribution is 0.251. The van der Waals surface area contributed by atoms with Crippen molar-refractivity contribution in [2.75, 3.05) is 35.6 Å². The van der Waals surface area contributed by atoms with Crippen molar-refractivity contribution >= 4 is 35.2 Å². The lowest BCUT2D eigenvalue weighted by Gasteiger charge is -2.24. The number of urea groups is 3. The summed E-state index contributed by atoms with van der Waals surface area (Å²) in [5, 5.41) is 17.1. The first kappa shape index (κ1) is 52.5. The third kappa shape index (κ3) is 17.0. The Kier molecular flexibility index (Phi) is 22.3. The van der Waals surface area contributed by atoms with Gasteiger partial charge in [-0.15, -0.1) is 0 Å². The van der Waals surface area contributed by atoms with Gasteiger partial charge in [0.1, 0.15) is 0 Å². The van der Waals surface area contributed by atoms with Crippen molar-refractivity contribution in [2.45, 2.75) is 156 Å². The van der Waals surface area contributed by atoms with Crippen LogP contribution in [0.5, 0.6) is 0 Å². The number of nitrogens with zero attached hydrogens (tertiary/aromatic N) is 3. The second-order valence-electron chi connectivity index (χ2n) is 17.5. The molecule has 0 aliphatic rings. The molecule has 1 heterocycles. The van der Waals surface area contributed by atoms with E-state index >= 15 is 0 Å². The van der Waals surface area contributed by atoms with Gasteiger partial charge < -0.3 is 31.9 Å². The zero-order valence-corrected chi connectivity index (χ0v) is 40.2. The van der Waals surface area contributed by atoms with Gasteiger partial charge in [0.2, 0.25) is 0 Å². The number of nitrogens with one attached hydrogen (secondary N) is 6. The van der Waals surface area contributed by atoms with Gasteiger partial charge in [0.15, 0.2) is 0 Å². The Morgan fingerprint density at radius 3 is 0.879 bits per heavy atom. The van der Waals surface area contributed by atoms with Gasteiger partial charge in [0, 0.05) is 54.8 Å². The maximum Gasteiger partial charge on any atom is 0.336 e. The number of aromatic nitrogens is 3. The van der Waals surface area contributed by atoms with E-state index < -0.39 is 35.2 Å². The van der Waals surface area contributed by atoms with E-state index in [1.54, 1.807) is 20.8 Å². The minimum Gasteiger partial charge on any atom is -0.338 e. The second kappa shape index (κ2) is 28.0. The number of amides is 6. The van der Waals surface area contributed by atoms with Crippen molar-refractivity contribution < 1.29 is 14.4 Å². The Morgan fingerprint density at radius 2 is 0.652 bits per heavy atom. The number of benzene rings is 3. The second-order valence-corrected chi connectivity index (χ2v) is 17.5. The fourth-order valence-corrected chi connectivity index (χ4v) is 7.84. The molecule has 0 spiro atoms. The minimum atomic E-state index is -0.702. The predicted molar refractivity (Wildman–Crippen MR) is 267 cm³/mol. The van der Waals surface area contributed by atoms with E-state index in [4.69, 9.17) is 0 Å². The highest BCUT2D eigenvalue weighted by atomic mass is 16.2. The Morgan fingerprint density at radius 1 is 0.409 bits per heavy atom. The van der Waals surface area contributed by atoms with E-state index in [2.05, 4.69) is 52.7 Å². The Labute approximate surface area is 390 Å². The monoisotopic (exact) mass is 910 g/mol. The van der Waals surface area contributed by atoms with Gasteiger partial charge >= 0.3 is 35.2 Å². The van der Waals surface area contributed by atoms with Crippen LogP contribution < -0.4 is 49.0 Å². The molecule has 3 atom stereocenters. The SMILES string of the molecule is CCCCc1ccc(NC(=O)NCCC[C@H](C)n2c(=O)n([C@@H](C)CCCNC(=O)Nc3ccc(CCCC)cc3)c(=O)n([C@@H](C)CCCNC(=O)Nc3ccc(CCCC)cc3)c2=O)cc1. The summed E-state index contributed by atoms with van der Waals surface area (Å²) in [5.74, 6) is 0. The zero-order chi connectivity index (χ0) is 47.8. The molecule has 4 rings (SSSR count). The molecule has 4 aromatic rings. The summed E-state index contributed by atoms with van der Waals surface area (Å²) in [4.78, 5) is 80.6. The quantitative estimate of drug-likeness (QED) is 0.0323. The number of carbonyl (C=O) groups is 3. The van der Waals surface area contributed by atoms with Gasteiger partial charge in [-0.25, -0.2) is 42.5 Å². The molecule has 15 heteroatoms. The summed E-state index contributed by atoms with van der Waals surface area (Å²) in [7, 11) is 0. The molecule has 66 heavy (non-hydrogen) atoms. The van der Waals surface area contributed by atoms with Crippen molar-refractivity contribution in [1.82, 2.24) is 29.7 Å². The molecule has 3 aromatic carbocycles. The molecule has 0 saturated heterocycles. The van der Waals surface area contributed by atoms with Gasteiger partial charge in [0.25, 0.3) is 0 Å². The maximum atomic E-state index is 14.2. The first-order valence-electron chi connectivity index (χ1n) is 24.3. The molecule has 0 fully saturated rings. The smallest absolute Gasteiger partial charge is 0.336 e. The highest BCUT2D eigenvalue weighted by Crippen LogP contribution is 2.17. The van der Waals surface area contributed by atoms with E-state index in [1.807, 2.05) is 72.8 Å². The lowest BCUT2D eigenvalue weighted by atomic mass is 10.1. The number of unbranched alkanes of at least 4 members (excludes halogenated alkanes) is 3. The van der Waals surface area contributed by atoms with Crippen molar-refractivity contribution in [3.8, 4) is 0 Å². The number of hydrogen-bond acceptors (Lipinski definition) is 6. The van der Waals surface area contributed by atoms with E-state index in [0.717, 1.165) is 71.5 Å². The molecule has 0 aliphatic heterocycles. The van der Waals surface area contributed by atoms with Gasteiger partial charge in [-0.2, -0.15) is 0 Å². The van der Waals surface area contributed by atoms with Crippen LogP contribution in [0.2, 0.25) is 0 Å². The molecule has 15 nitrogen and oxygen atoms in total. The van der Waals surface area contributed by atoms with Crippen LogP contribution in [0.4, 0.5) is 31.4 Å². The van der Waals surface area contributed by atoms with Crippen molar-refractivity contribution in [3.63, 3.8) is 0 Å². The normalized spacial score (nSPS) is 12.5. The molecule has 0 bridgehead atoms. The summed E-state index contributed by atoms with van der Waals surface area (Å²) in [6, 6.07) is 20.5. The van der Waals surface area contributed by atoms with Gasteiger partial charge in [-0.3, -0.25) is 0 Å². The van der Waals surface area contributed by atoms with Gasteiger partial charge in [-0.05, 0) is 151 Å². The summed E-state index contributed by atoms with van der Waals surface area (Å²) < 4.78 is 3.44. The zero-order valence-electron chi connectivity index (χ0n) is 40.2. The first-order chi connectivity index (χ1) is 31.8. The Balaban J connectivity index is 1.40. The number of carbonyl (C=O) groups excluding carboxylic acids is 3. The first-order valence-corrected chi connectivity index (χ1v) is 24.3. The van der Waals surface area contributed by atoms with E-state index in [0.29, 0.717) is 75.2 Å². The number of rotatable bonds is 27. The number of hydrogen-bond donors (Lipinski definition) is 6. The Bertz CT molecular complexity index is 2000. The summed E-state index contributed by atoms with van der Waals surface area (Å²) in [5.41, 5.74) is 3.59. The molecule has 1 aromatic heterocycles. The molecule has 360 valence electrons. The lowest BCUT2D eigenvalue weighted by Crippen LogP contribution is -2.56. The number of aryl methyl sites for hydroxylation is 3. The average Bonchev–Trinajstić information content (AvgIpc) is 3.30. The van der Waals surface area contributed by atoms with Gasteiger partial charge in [-0.1, -0.05) is 76.4 Å². The fourth-order valence-electron chi connectivity index (χ4n) is 7.84. The van der Waals surface area contributed by atoms with Crippen LogP contribution in [-0.4, -0.2) is 51.4 Å². The van der Waals surface area contributed by atoms with Crippen LogP contribution in [0.15, 0.2) is 87.2 Å². The molecule has 0 aliphatic carbocycles. The molecule has 0 unspecified atom stereocenters. The Hall–Kier alpha value is -6.12. The van der Waals surface area contributed by atoms with Crippen LogP contribution >= 0.6 is 0 Å². The van der Waals surface area contributed by atoms with E-state index in [-0.39, 0.29) is 18.1 Å². The minimum absolute atomic E-state index is 0.301. The molecular weight excluding hydrogens is 835 g/mol. The third-order valence-electron chi connectivity index (χ3n) is 11.9. The highest BCUT2D eigenvalue weighted by Gasteiger charge is 2.25. The summed E-state index contributed by atoms with van der Waals surface area (Å²) in [6.45, 7) is 12.6. The van der Waals surface area contributed by atoms with Crippen LogP contribution in [0.25, 0.3) is 0 Å². The topological polar surface area (TPSA) is 189 Å². The van der Waals surface area contributed by atoms with Crippen molar-refractivity contribution in [2.24, 2.45) is 0 Å². The fraction of sp³-hybridized carbons (Fsp3) is 0.529. The van der Waals surface area contributed by atoms with Gasteiger partial charge in [0.05, 0.1) is 0 Å². The third-order valence-corrected chi connectivity index (χ3v) is 11.9. The van der Waals surface area contributed by atoms with E-state index in [9.17, 15) is 28.8 Å². The molecular formula is C51H75N9O6. The molecule has 0 radical (unpaired) electrons. The van der Waals surface area contributed by atoms with Crippen molar-refractivity contribution in [3.05, 3.63) is 121 Å². The summed E-state index contributed by atoms with van der Waals surface area (Å²) >= 11 is 0. The molecule has 6 amide bonds. The summed E-state index contributed by atoms with van der Waals surface area (Å²) in [6.07, 6.45) is 12.2. The van der Waals surface area contributed by atoms with Crippen LogP contribution in [0.1, 0.15) is 153 Å².